The molecular formula is C14H19Br2NO. The fourth-order valence-electron chi connectivity index (χ4n) is 2.37. The first-order valence-electron chi connectivity index (χ1n) is 6.33. The summed E-state index contributed by atoms with van der Waals surface area (Å²) in [6, 6.07) is 6.35. The van der Waals surface area contributed by atoms with Crippen LogP contribution in [0.25, 0.3) is 0 Å². The van der Waals surface area contributed by atoms with E-state index in [0.717, 1.165) is 28.0 Å². The van der Waals surface area contributed by atoms with Crippen molar-refractivity contribution >= 4 is 31.9 Å². The Kier molecular flexibility index (Phi) is 5.52. The molecule has 1 fully saturated rings. The molecule has 0 spiro atoms. The van der Waals surface area contributed by atoms with Gasteiger partial charge in [-0.3, -0.25) is 4.90 Å². The van der Waals surface area contributed by atoms with Crippen molar-refractivity contribution in [3.8, 4) is 5.75 Å². The molecule has 0 amide bonds. The van der Waals surface area contributed by atoms with E-state index < -0.39 is 0 Å². The van der Waals surface area contributed by atoms with Crippen molar-refractivity contribution in [3.05, 3.63) is 28.2 Å². The van der Waals surface area contributed by atoms with Crippen molar-refractivity contribution < 1.29 is 4.74 Å². The fourth-order valence-corrected chi connectivity index (χ4v) is 3.60. The van der Waals surface area contributed by atoms with Crippen molar-refractivity contribution in [2.45, 2.75) is 19.4 Å². The molecule has 1 saturated heterocycles. The Balaban J connectivity index is 1.92. The summed E-state index contributed by atoms with van der Waals surface area (Å²) in [5.74, 6) is 1.76. The van der Waals surface area contributed by atoms with Crippen LogP contribution in [0.15, 0.2) is 22.7 Å². The minimum absolute atomic E-state index is 0.865. The molecule has 2 nitrogen and oxygen atoms in total. The number of methoxy groups -OCH3 is 1. The minimum Gasteiger partial charge on any atom is -0.496 e. The first-order valence-corrected chi connectivity index (χ1v) is 8.25. The minimum atomic E-state index is 0.865. The highest BCUT2D eigenvalue weighted by Gasteiger charge is 2.18. The maximum atomic E-state index is 5.25. The zero-order valence-electron chi connectivity index (χ0n) is 10.7. The molecule has 1 aliphatic rings. The third-order valence-electron chi connectivity index (χ3n) is 3.55. The number of halogens is 2. The maximum absolute atomic E-state index is 5.25. The van der Waals surface area contributed by atoms with Crippen LogP contribution in [0.5, 0.6) is 5.75 Å². The Morgan fingerprint density at radius 3 is 2.61 bits per heavy atom. The number of ether oxygens (including phenoxy) is 1. The number of hydrogen-bond acceptors (Lipinski definition) is 2. The highest BCUT2D eigenvalue weighted by molar-refractivity contribution is 9.10. The Morgan fingerprint density at radius 1 is 1.33 bits per heavy atom. The third kappa shape index (κ3) is 3.72. The molecule has 1 heterocycles. The topological polar surface area (TPSA) is 12.5 Å². The van der Waals surface area contributed by atoms with Gasteiger partial charge in [0.25, 0.3) is 0 Å². The van der Waals surface area contributed by atoms with Gasteiger partial charge in [0, 0.05) is 11.9 Å². The molecule has 0 radical (unpaired) electrons. The van der Waals surface area contributed by atoms with Gasteiger partial charge in [0.1, 0.15) is 5.75 Å². The van der Waals surface area contributed by atoms with E-state index in [1.807, 2.05) is 6.07 Å². The van der Waals surface area contributed by atoms with Crippen LogP contribution < -0.4 is 4.74 Å². The van der Waals surface area contributed by atoms with E-state index in [1.54, 1.807) is 7.11 Å². The maximum Gasteiger partial charge on any atom is 0.133 e. The average molecular weight is 377 g/mol. The van der Waals surface area contributed by atoms with E-state index in [-0.39, 0.29) is 0 Å². The molecule has 1 aromatic carbocycles. The highest BCUT2D eigenvalue weighted by Crippen LogP contribution is 2.27. The zero-order valence-corrected chi connectivity index (χ0v) is 13.8. The Morgan fingerprint density at radius 2 is 2.06 bits per heavy atom. The van der Waals surface area contributed by atoms with Crippen LogP contribution in [0.2, 0.25) is 0 Å². The van der Waals surface area contributed by atoms with E-state index in [4.69, 9.17) is 4.74 Å². The van der Waals surface area contributed by atoms with Crippen molar-refractivity contribution in [3.63, 3.8) is 0 Å². The summed E-state index contributed by atoms with van der Waals surface area (Å²) in [4.78, 5) is 2.54. The highest BCUT2D eigenvalue weighted by atomic mass is 79.9. The molecule has 0 aromatic heterocycles. The van der Waals surface area contributed by atoms with Gasteiger partial charge in [-0.1, -0.05) is 22.0 Å². The molecular weight excluding hydrogens is 358 g/mol. The van der Waals surface area contributed by atoms with Crippen LogP contribution in [0, 0.1) is 5.92 Å². The third-order valence-corrected chi connectivity index (χ3v) is 5.08. The van der Waals surface area contributed by atoms with E-state index in [2.05, 4.69) is 48.9 Å². The zero-order chi connectivity index (χ0) is 13.0. The molecule has 1 aromatic rings. The lowest BCUT2D eigenvalue weighted by molar-refractivity contribution is 0.187. The van der Waals surface area contributed by atoms with Gasteiger partial charge in [-0.05, 0) is 65.5 Å². The number of piperidine rings is 1. The molecule has 4 heteroatoms. The molecule has 0 atom stereocenters. The second kappa shape index (κ2) is 6.92. The van der Waals surface area contributed by atoms with E-state index in [0.29, 0.717) is 0 Å². The first-order chi connectivity index (χ1) is 8.72. The number of alkyl halides is 1. The summed E-state index contributed by atoms with van der Waals surface area (Å²) in [5.41, 5.74) is 1.35. The summed E-state index contributed by atoms with van der Waals surface area (Å²) in [7, 11) is 1.70. The van der Waals surface area contributed by atoms with Crippen LogP contribution in [-0.2, 0) is 6.54 Å². The average Bonchev–Trinajstić information content (AvgIpc) is 2.40. The summed E-state index contributed by atoms with van der Waals surface area (Å²) in [5, 5.41) is 1.15. The largest absolute Gasteiger partial charge is 0.496 e. The summed E-state index contributed by atoms with van der Waals surface area (Å²) >= 11 is 7.13. The van der Waals surface area contributed by atoms with Gasteiger partial charge in [0.05, 0.1) is 11.6 Å². The van der Waals surface area contributed by atoms with Crippen LogP contribution in [0.1, 0.15) is 18.4 Å². The van der Waals surface area contributed by atoms with Crippen LogP contribution in [0.3, 0.4) is 0 Å². The molecule has 18 heavy (non-hydrogen) atoms. The van der Waals surface area contributed by atoms with E-state index >= 15 is 0 Å². The molecule has 0 unspecified atom stereocenters. The van der Waals surface area contributed by atoms with Gasteiger partial charge in [-0.25, -0.2) is 0 Å². The molecule has 0 saturated carbocycles. The second-order valence-corrected chi connectivity index (χ2v) is 6.34. The lowest BCUT2D eigenvalue weighted by atomic mass is 9.99. The number of nitrogens with zero attached hydrogens (tertiary/aromatic N) is 1. The molecule has 100 valence electrons. The van der Waals surface area contributed by atoms with Gasteiger partial charge < -0.3 is 4.74 Å². The van der Waals surface area contributed by atoms with Gasteiger partial charge in [-0.15, -0.1) is 0 Å². The smallest absolute Gasteiger partial charge is 0.133 e. The van der Waals surface area contributed by atoms with Gasteiger partial charge in [-0.2, -0.15) is 0 Å². The standard InChI is InChI=1S/C14H19Br2NO/c1-18-14-3-2-12(8-13(14)16)10-17-6-4-11(9-15)5-7-17/h2-3,8,11H,4-7,9-10H2,1H3. The second-order valence-electron chi connectivity index (χ2n) is 4.84. The predicted octanol–water partition coefficient (Wildman–Crippen LogP) is 4.06. The monoisotopic (exact) mass is 375 g/mol. The number of likely N-dealkylation sites (tertiary alicyclic amines) is 1. The lowest BCUT2D eigenvalue weighted by Gasteiger charge is -2.31. The number of rotatable bonds is 4. The first kappa shape index (κ1) is 14.4. The summed E-state index contributed by atoms with van der Waals surface area (Å²) < 4.78 is 6.29. The van der Waals surface area contributed by atoms with Gasteiger partial charge in [0.2, 0.25) is 0 Å². The van der Waals surface area contributed by atoms with Crippen molar-refractivity contribution in [2.24, 2.45) is 5.92 Å². The molecule has 1 aliphatic heterocycles. The quantitative estimate of drug-likeness (QED) is 0.734. The summed E-state index contributed by atoms with van der Waals surface area (Å²) in [6.07, 6.45) is 2.62. The normalized spacial score (nSPS) is 17.9. The molecule has 2 rings (SSSR count). The van der Waals surface area contributed by atoms with Crippen molar-refractivity contribution in [1.29, 1.82) is 0 Å². The van der Waals surface area contributed by atoms with E-state index in [1.165, 1.54) is 31.5 Å². The SMILES string of the molecule is COc1ccc(CN2CCC(CBr)CC2)cc1Br. The van der Waals surface area contributed by atoms with E-state index in [9.17, 15) is 0 Å². The lowest BCUT2D eigenvalue weighted by Crippen LogP contribution is -2.33. The molecule has 0 aliphatic carbocycles. The molecule has 0 bridgehead atoms. The van der Waals surface area contributed by atoms with Crippen LogP contribution in [0.4, 0.5) is 0 Å². The van der Waals surface area contributed by atoms with Gasteiger partial charge in [0.15, 0.2) is 0 Å². The Bertz CT molecular complexity index is 389. The predicted molar refractivity (Wildman–Crippen MR) is 82.5 cm³/mol. The number of hydrogen-bond donors (Lipinski definition) is 0. The van der Waals surface area contributed by atoms with Crippen LogP contribution in [-0.4, -0.2) is 30.4 Å². The summed E-state index contributed by atoms with van der Waals surface area (Å²) in [6.45, 7) is 3.46. The molecule has 0 N–H and O–H groups in total. The van der Waals surface area contributed by atoms with Crippen molar-refractivity contribution in [2.75, 3.05) is 25.5 Å². The number of benzene rings is 1. The fraction of sp³-hybridized carbons (Fsp3) is 0.571. The Hall–Kier alpha value is -0.0600. The van der Waals surface area contributed by atoms with Gasteiger partial charge >= 0.3 is 0 Å². The Labute approximate surface area is 126 Å². The van der Waals surface area contributed by atoms with Crippen LogP contribution >= 0.6 is 31.9 Å². The van der Waals surface area contributed by atoms with Crippen molar-refractivity contribution in [1.82, 2.24) is 4.90 Å².